The van der Waals surface area contributed by atoms with Crippen molar-refractivity contribution in [3.05, 3.63) is 30.1 Å². The molecule has 0 saturated heterocycles. The van der Waals surface area contributed by atoms with Crippen LogP contribution in [0.5, 0.6) is 0 Å². The molecule has 0 aliphatic rings. The Morgan fingerprint density at radius 1 is 1.50 bits per heavy atom. The highest BCUT2D eigenvalue weighted by Crippen LogP contribution is 2.23. The van der Waals surface area contributed by atoms with Crippen molar-refractivity contribution in [2.45, 2.75) is 24.9 Å². The lowest BCUT2D eigenvalue weighted by Gasteiger charge is -2.06. The number of thioether (sulfide) groups is 1. The number of carbonyl (C=O) groups excluding carboxylic acids is 1. The zero-order valence-electron chi connectivity index (χ0n) is 11.8. The van der Waals surface area contributed by atoms with E-state index in [1.807, 2.05) is 24.4 Å². The van der Waals surface area contributed by atoms with Gasteiger partial charge in [0.05, 0.1) is 18.6 Å². The number of methoxy groups -OCH3 is 1. The lowest BCUT2D eigenvalue weighted by Crippen LogP contribution is -2.16. The summed E-state index contributed by atoms with van der Waals surface area (Å²) in [5.74, 6) is 0.0424. The van der Waals surface area contributed by atoms with Crippen LogP contribution in [0.1, 0.15) is 19.0 Å². The Labute approximate surface area is 122 Å². The zero-order chi connectivity index (χ0) is 14.4. The Morgan fingerprint density at radius 2 is 2.35 bits per heavy atom. The molecule has 0 radical (unpaired) electrons. The number of carbonyl (C=O) groups is 1. The lowest BCUT2D eigenvalue weighted by atomic mass is 10.4. The van der Waals surface area contributed by atoms with Gasteiger partial charge in [-0.3, -0.25) is 4.79 Å². The minimum absolute atomic E-state index is 0.237. The predicted molar refractivity (Wildman–Crippen MR) is 79.9 cm³/mol. The highest BCUT2D eigenvalue weighted by Gasteiger charge is 2.13. The summed E-state index contributed by atoms with van der Waals surface area (Å²) in [7, 11) is 1.40. The van der Waals surface area contributed by atoms with Crippen LogP contribution >= 0.6 is 11.8 Å². The normalized spacial score (nSPS) is 10.9. The average molecular weight is 293 g/mol. The Bertz CT molecular complexity index is 583. The van der Waals surface area contributed by atoms with Gasteiger partial charge >= 0.3 is 5.97 Å². The molecule has 0 spiro atoms. The van der Waals surface area contributed by atoms with Crippen LogP contribution in [0, 0.1) is 0 Å². The van der Waals surface area contributed by atoms with E-state index in [0.29, 0.717) is 0 Å². The fourth-order valence-electron chi connectivity index (χ4n) is 1.87. The second-order valence-corrected chi connectivity index (χ2v) is 5.30. The predicted octanol–water partition coefficient (Wildman–Crippen LogP) is 2.10. The maximum atomic E-state index is 11.3. The molecule has 0 bridgehead atoms. The molecular weight excluding hydrogens is 274 g/mol. The molecule has 2 heterocycles. The van der Waals surface area contributed by atoms with Crippen molar-refractivity contribution in [3.8, 4) is 0 Å². The number of rotatable bonds is 7. The zero-order valence-corrected chi connectivity index (χ0v) is 12.6. The Balaban J connectivity index is 2.21. The summed E-state index contributed by atoms with van der Waals surface area (Å²) >= 11 is 1.42. The molecule has 0 aliphatic heterocycles. The van der Waals surface area contributed by atoms with Crippen molar-refractivity contribution < 1.29 is 9.53 Å². The van der Waals surface area contributed by atoms with Gasteiger partial charge in [0.1, 0.15) is 10.7 Å². The average Bonchev–Trinajstić information content (AvgIpc) is 2.83. The largest absolute Gasteiger partial charge is 0.468 e. The maximum absolute atomic E-state index is 11.3. The van der Waals surface area contributed by atoms with E-state index in [1.165, 1.54) is 18.9 Å². The minimum Gasteiger partial charge on any atom is -0.468 e. The van der Waals surface area contributed by atoms with Gasteiger partial charge in [0.15, 0.2) is 0 Å². The van der Waals surface area contributed by atoms with E-state index in [-0.39, 0.29) is 11.7 Å². The molecule has 2 rings (SSSR count). The quantitative estimate of drug-likeness (QED) is 0.481. The van der Waals surface area contributed by atoms with Crippen molar-refractivity contribution in [1.82, 2.24) is 14.7 Å². The van der Waals surface area contributed by atoms with Gasteiger partial charge in [-0.2, -0.15) is 0 Å². The van der Waals surface area contributed by atoms with Crippen LogP contribution in [-0.4, -0.2) is 34.8 Å². The van der Waals surface area contributed by atoms with Gasteiger partial charge in [-0.15, -0.1) is 0 Å². The van der Waals surface area contributed by atoms with Crippen LogP contribution < -0.4 is 5.32 Å². The molecular formula is C14H19N3O2S. The van der Waals surface area contributed by atoms with E-state index in [0.717, 1.165) is 35.9 Å². The summed E-state index contributed by atoms with van der Waals surface area (Å²) in [6.45, 7) is 3.83. The van der Waals surface area contributed by atoms with Gasteiger partial charge in [0.2, 0.25) is 0 Å². The van der Waals surface area contributed by atoms with Gasteiger partial charge in [-0.05, 0) is 25.1 Å². The molecule has 20 heavy (non-hydrogen) atoms. The van der Waals surface area contributed by atoms with Crippen LogP contribution in [0.25, 0.3) is 5.65 Å². The Morgan fingerprint density at radius 3 is 3.10 bits per heavy atom. The first-order chi connectivity index (χ1) is 9.76. The molecule has 0 aliphatic carbocycles. The number of imidazole rings is 1. The fourth-order valence-corrected chi connectivity index (χ4v) is 2.74. The van der Waals surface area contributed by atoms with Crippen LogP contribution in [0.3, 0.4) is 0 Å². The third-order valence-electron chi connectivity index (χ3n) is 2.87. The molecule has 1 N–H and O–H groups in total. The Kier molecular flexibility index (Phi) is 5.43. The number of nitrogens with zero attached hydrogens (tertiary/aromatic N) is 2. The first kappa shape index (κ1) is 14.9. The molecule has 0 aromatic carbocycles. The number of aromatic nitrogens is 2. The smallest absolute Gasteiger partial charge is 0.316 e. The van der Waals surface area contributed by atoms with Crippen molar-refractivity contribution in [2.24, 2.45) is 0 Å². The maximum Gasteiger partial charge on any atom is 0.316 e. The van der Waals surface area contributed by atoms with Gasteiger partial charge in [0, 0.05) is 12.7 Å². The minimum atomic E-state index is -0.237. The van der Waals surface area contributed by atoms with E-state index in [4.69, 9.17) is 0 Å². The van der Waals surface area contributed by atoms with E-state index >= 15 is 0 Å². The third kappa shape index (κ3) is 3.52. The molecule has 0 unspecified atom stereocenters. The standard InChI is InChI=1S/C14H19N3O2S/c1-3-7-15-9-11-14(20-10-13(18)19-2)16-12-6-4-5-8-17(11)12/h4-6,8,15H,3,7,9-10H2,1-2H3. The molecule has 2 aromatic heterocycles. The molecule has 0 atom stereocenters. The van der Waals surface area contributed by atoms with E-state index < -0.39 is 0 Å². The summed E-state index contributed by atoms with van der Waals surface area (Å²) in [5.41, 5.74) is 1.98. The summed E-state index contributed by atoms with van der Waals surface area (Å²) < 4.78 is 6.73. The lowest BCUT2D eigenvalue weighted by molar-refractivity contribution is -0.137. The molecule has 108 valence electrons. The van der Waals surface area contributed by atoms with Crippen molar-refractivity contribution in [3.63, 3.8) is 0 Å². The molecule has 2 aromatic rings. The number of fused-ring (bicyclic) bond motifs is 1. The fraction of sp³-hybridized carbons (Fsp3) is 0.429. The number of pyridine rings is 1. The van der Waals surface area contributed by atoms with Gasteiger partial charge in [-0.25, -0.2) is 4.98 Å². The summed E-state index contributed by atoms with van der Waals surface area (Å²) in [6.07, 6.45) is 3.08. The SMILES string of the molecule is CCCNCc1c(SCC(=O)OC)nc2ccccn12. The number of hydrogen-bond acceptors (Lipinski definition) is 5. The highest BCUT2D eigenvalue weighted by atomic mass is 32.2. The summed E-state index contributed by atoms with van der Waals surface area (Å²) in [5, 5.41) is 4.26. The van der Waals surface area contributed by atoms with Crippen LogP contribution in [-0.2, 0) is 16.1 Å². The number of nitrogens with one attached hydrogen (secondary N) is 1. The van der Waals surface area contributed by atoms with Crippen LogP contribution in [0.4, 0.5) is 0 Å². The highest BCUT2D eigenvalue weighted by molar-refractivity contribution is 7.99. The molecule has 6 heteroatoms. The monoisotopic (exact) mass is 293 g/mol. The number of hydrogen-bond donors (Lipinski definition) is 1. The molecule has 0 saturated carbocycles. The van der Waals surface area contributed by atoms with Crippen molar-refractivity contribution in [2.75, 3.05) is 19.4 Å². The van der Waals surface area contributed by atoms with Gasteiger partial charge < -0.3 is 14.5 Å². The van der Waals surface area contributed by atoms with E-state index in [2.05, 4.69) is 26.4 Å². The van der Waals surface area contributed by atoms with E-state index in [9.17, 15) is 4.79 Å². The molecule has 0 fully saturated rings. The third-order valence-corrected chi connectivity index (χ3v) is 3.85. The van der Waals surface area contributed by atoms with Gasteiger partial charge in [-0.1, -0.05) is 24.8 Å². The first-order valence-electron chi connectivity index (χ1n) is 6.62. The van der Waals surface area contributed by atoms with Crippen molar-refractivity contribution in [1.29, 1.82) is 0 Å². The van der Waals surface area contributed by atoms with Crippen molar-refractivity contribution >= 4 is 23.4 Å². The topological polar surface area (TPSA) is 55.6 Å². The van der Waals surface area contributed by atoms with Gasteiger partial charge in [0.25, 0.3) is 0 Å². The number of ether oxygens (including phenoxy) is 1. The second kappa shape index (κ2) is 7.31. The molecule has 0 amide bonds. The number of esters is 1. The molecule has 5 nitrogen and oxygen atoms in total. The van der Waals surface area contributed by atoms with Crippen LogP contribution in [0.2, 0.25) is 0 Å². The summed E-state index contributed by atoms with van der Waals surface area (Å²) in [4.78, 5) is 15.9. The Hall–Kier alpha value is -1.53. The van der Waals surface area contributed by atoms with Crippen LogP contribution in [0.15, 0.2) is 29.4 Å². The summed E-state index contributed by atoms with van der Waals surface area (Å²) in [6, 6.07) is 5.90. The van der Waals surface area contributed by atoms with E-state index in [1.54, 1.807) is 0 Å². The second-order valence-electron chi connectivity index (χ2n) is 4.33. The first-order valence-corrected chi connectivity index (χ1v) is 7.61.